The maximum atomic E-state index is 5.31. The quantitative estimate of drug-likeness (QED) is 0.745. The van der Waals surface area contributed by atoms with E-state index >= 15 is 0 Å². The zero-order valence-corrected chi connectivity index (χ0v) is 8.78. The predicted octanol–water partition coefficient (Wildman–Crippen LogP) is 1.67. The summed E-state index contributed by atoms with van der Waals surface area (Å²) in [6, 6.07) is 0.361. The molecule has 1 unspecified atom stereocenters. The average molecular weight is 198 g/mol. The highest BCUT2D eigenvalue weighted by Gasteiger charge is 2.21. The Hall–Kier alpha value is -0.480. The first-order valence-electron chi connectivity index (χ1n) is 4.53. The van der Waals surface area contributed by atoms with Crippen molar-refractivity contribution in [3.63, 3.8) is 0 Å². The molecular weight excluding hydrogens is 184 g/mol. The molecule has 1 fully saturated rings. The molecule has 1 saturated heterocycles. The smallest absolute Gasteiger partial charge is 0.157 e. The first-order valence-corrected chi connectivity index (χ1v) is 5.68. The van der Waals surface area contributed by atoms with Gasteiger partial charge in [0.25, 0.3) is 0 Å². The monoisotopic (exact) mass is 198 g/mol. The number of aryl methyl sites for hydroxylation is 1. The van der Waals surface area contributed by atoms with Gasteiger partial charge in [-0.25, -0.2) is 0 Å². The number of nitrogens with zero attached hydrogens (tertiary/aromatic N) is 1. The summed E-state index contributed by atoms with van der Waals surface area (Å²) in [5.74, 6) is 3.31. The van der Waals surface area contributed by atoms with E-state index in [4.69, 9.17) is 4.52 Å². The minimum atomic E-state index is 0.361. The van der Waals surface area contributed by atoms with Crippen molar-refractivity contribution < 1.29 is 4.52 Å². The van der Waals surface area contributed by atoms with Crippen LogP contribution in [0.4, 0.5) is 0 Å². The van der Waals surface area contributed by atoms with Gasteiger partial charge in [-0.2, -0.15) is 11.8 Å². The van der Waals surface area contributed by atoms with Crippen LogP contribution in [0, 0.1) is 13.8 Å². The molecule has 1 aliphatic heterocycles. The lowest BCUT2D eigenvalue weighted by Gasteiger charge is -2.21. The topological polar surface area (TPSA) is 38.1 Å². The molecule has 0 aliphatic carbocycles. The Balaban J connectivity index is 2.18. The molecular formula is C9H14N2OS. The summed E-state index contributed by atoms with van der Waals surface area (Å²) < 4.78 is 5.31. The van der Waals surface area contributed by atoms with Crippen LogP contribution in [0.2, 0.25) is 0 Å². The molecule has 72 valence electrons. The maximum absolute atomic E-state index is 5.31. The first kappa shape index (κ1) is 9.09. The average Bonchev–Trinajstić information content (AvgIpc) is 2.49. The molecule has 0 radical (unpaired) electrons. The summed E-state index contributed by atoms with van der Waals surface area (Å²) in [7, 11) is 0. The Morgan fingerprint density at radius 2 is 2.38 bits per heavy atom. The molecule has 4 heteroatoms. The molecule has 0 saturated carbocycles. The standard InChI is InChI=1S/C9H14N2OS/c1-6-7(2)11-12-9(6)8-5-13-4-3-10-8/h8,10H,3-5H2,1-2H3. The van der Waals surface area contributed by atoms with Crippen LogP contribution < -0.4 is 5.32 Å². The second kappa shape index (κ2) is 3.72. The molecule has 0 bridgehead atoms. The van der Waals surface area contributed by atoms with Gasteiger partial charge in [0.05, 0.1) is 11.7 Å². The lowest BCUT2D eigenvalue weighted by molar-refractivity contribution is 0.345. The van der Waals surface area contributed by atoms with E-state index in [0.29, 0.717) is 6.04 Å². The van der Waals surface area contributed by atoms with Crippen LogP contribution >= 0.6 is 11.8 Å². The van der Waals surface area contributed by atoms with Gasteiger partial charge in [-0.05, 0) is 13.8 Å². The SMILES string of the molecule is Cc1noc(C2CSCCN2)c1C. The van der Waals surface area contributed by atoms with Crippen LogP contribution in [0.15, 0.2) is 4.52 Å². The van der Waals surface area contributed by atoms with E-state index in [2.05, 4.69) is 17.4 Å². The number of thioether (sulfide) groups is 1. The Kier molecular flexibility index (Phi) is 2.60. The lowest BCUT2D eigenvalue weighted by atomic mass is 10.1. The van der Waals surface area contributed by atoms with Crippen LogP contribution in [0.5, 0.6) is 0 Å². The summed E-state index contributed by atoms with van der Waals surface area (Å²) in [6.07, 6.45) is 0. The number of nitrogens with one attached hydrogen (secondary N) is 1. The molecule has 2 heterocycles. The van der Waals surface area contributed by atoms with Gasteiger partial charge < -0.3 is 9.84 Å². The third-order valence-electron chi connectivity index (χ3n) is 2.43. The molecule has 2 rings (SSSR count). The molecule has 0 aromatic carbocycles. The predicted molar refractivity (Wildman–Crippen MR) is 54.0 cm³/mol. The van der Waals surface area contributed by atoms with Gasteiger partial charge in [-0.3, -0.25) is 0 Å². The Morgan fingerprint density at radius 1 is 1.54 bits per heavy atom. The van der Waals surface area contributed by atoms with Crippen molar-refractivity contribution >= 4 is 11.8 Å². The van der Waals surface area contributed by atoms with Crippen LogP contribution in [0.3, 0.4) is 0 Å². The van der Waals surface area contributed by atoms with Crippen molar-refractivity contribution in [2.24, 2.45) is 0 Å². The van der Waals surface area contributed by atoms with Crippen molar-refractivity contribution in [2.75, 3.05) is 18.1 Å². The molecule has 1 aromatic heterocycles. The Bertz CT molecular complexity index is 292. The van der Waals surface area contributed by atoms with Crippen LogP contribution in [-0.4, -0.2) is 23.2 Å². The van der Waals surface area contributed by atoms with Crippen LogP contribution in [0.25, 0.3) is 0 Å². The van der Waals surface area contributed by atoms with Crippen molar-refractivity contribution in [1.82, 2.24) is 10.5 Å². The van der Waals surface area contributed by atoms with Gasteiger partial charge in [0, 0.05) is 23.6 Å². The summed E-state index contributed by atoms with van der Waals surface area (Å²) >= 11 is 1.97. The molecule has 0 spiro atoms. The van der Waals surface area contributed by atoms with Gasteiger partial charge in [0.1, 0.15) is 0 Å². The van der Waals surface area contributed by atoms with Gasteiger partial charge in [-0.1, -0.05) is 5.16 Å². The highest BCUT2D eigenvalue weighted by Crippen LogP contribution is 2.25. The van der Waals surface area contributed by atoms with Crippen LogP contribution in [0.1, 0.15) is 23.1 Å². The zero-order valence-electron chi connectivity index (χ0n) is 7.96. The van der Waals surface area contributed by atoms with Crippen LogP contribution in [-0.2, 0) is 0 Å². The highest BCUT2D eigenvalue weighted by atomic mass is 32.2. The molecule has 3 nitrogen and oxygen atoms in total. The van der Waals surface area contributed by atoms with Gasteiger partial charge in [-0.15, -0.1) is 0 Å². The minimum absolute atomic E-state index is 0.361. The summed E-state index contributed by atoms with van der Waals surface area (Å²) in [5, 5.41) is 7.40. The molecule has 13 heavy (non-hydrogen) atoms. The summed E-state index contributed by atoms with van der Waals surface area (Å²) in [6.45, 7) is 5.12. The molecule has 1 aromatic rings. The van der Waals surface area contributed by atoms with Crippen molar-refractivity contribution in [2.45, 2.75) is 19.9 Å². The third kappa shape index (κ3) is 1.74. The Labute approximate surface area is 82.3 Å². The van der Waals surface area contributed by atoms with E-state index in [1.54, 1.807) is 0 Å². The van der Waals surface area contributed by atoms with E-state index < -0.39 is 0 Å². The number of aromatic nitrogens is 1. The van der Waals surface area contributed by atoms with E-state index in [9.17, 15) is 0 Å². The van der Waals surface area contributed by atoms with E-state index in [1.807, 2.05) is 18.7 Å². The van der Waals surface area contributed by atoms with E-state index in [0.717, 1.165) is 23.8 Å². The van der Waals surface area contributed by atoms with Crippen molar-refractivity contribution in [3.05, 3.63) is 17.0 Å². The number of rotatable bonds is 1. The van der Waals surface area contributed by atoms with Gasteiger partial charge in [0.15, 0.2) is 5.76 Å². The fourth-order valence-corrected chi connectivity index (χ4v) is 2.43. The number of hydrogen-bond acceptors (Lipinski definition) is 4. The largest absolute Gasteiger partial charge is 0.359 e. The normalized spacial score (nSPS) is 23.4. The van der Waals surface area contributed by atoms with Crippen molar-refractivity contribution in [3.8, 4) is 0 Å². The van der Waals surface area contributed by atoms with Gasteiger partial charge in [0.2, 0.25) is 0 Å². The zero-order chi connectivity index (χ0) is 9.26. The summed E-state index contributed by atoms with van der Waals surface area (Å²) in [5.41, 5.74) is 2.20. The van der Waals surface area contributed by atoms with Gasteiger partial charge >= 0.3 is 0 Å². The molecule has 1 aliphatic rings. The number of hydrogen-bond donors (Lipinski definition) is 1. The highest BCUT2D eigenvalue weighted by molar-refractivity contribution is 7.99. The molecule has 0 amide bonds. The van der Waals surface area contributed by atoms with E-state index in [-0.39, 0.29) is 0 Å². The minimum Gasteiger partial charge on any atom is -0.359 e. The Morgan fingerprint density at radius 3 is 2.92 bits per heavy atom. The summed E-state index contributed by atoms with van der Waals surface area (Å²) in [4.78, 5) is 0. The lowest BCUT2D eigenvalue weighted by Crippen LogP contribution is -2.30. The fraction of sp³-hybridized carbons (Fsp3) is 0.667. The second-order valence-electron chi connectivity index (χ2n) is 3.34. The maximum Gasteiger partial charge on any atom is 0.157 e. The first-order chi connectivity index (χ1) is 6.29. The molecule has 1 N–H and O–H groups in total. The van der Waals surface area contributed by atoms with Crippen molar-refractivity contribution in [1.29, 1.82) is 0 Å². The second-order valence-corrected chi connectivity index (χ2v) is 4.49. The fourth-order valence-electron chi connectivity index (χ4n) is 1.49. The third-order valence-corrected chi connectivity index (χ3v) is 3.49. The molecule has 1 atom stereocenters. The van der Waals surface area contributed by atoms with E-state index in [1.165, 1.54) is 11.3 Å².